The van der Waals surface area contributed by atoms with E-state index in [-0.39, 0.29) is 17.2 Å². The van der Waals surface area contributed by atoms with E-state index in [0.29, 0.717) is 0 Å². The molecule has 0 saturated heterocycles. The number of hydrogen-bond acceptors (Lipinski definition) is 3. The Kier molecular flexibility index (Phi) is 4.70. The van der Waals surface area contributed by atoms with Crippen LogP contribution in [0.25, 0.3) is 0 Å². The maximum absolute atomic E-state index is 13.5. The number of phenolic OH excluding ortho intramolecular Hbond substituents is 1. The summed E-state index contributed by atoms with van der Waals surface area (Å²) < 4.78 is 13.5. The van der Waals surface area contributed by atoms with Crippen LogP contribution in [-0.4, -0.2) is 28.5 Å². The number of hydrogen-bond donors (Lipinski definition) is 3. The van der Waals surface area contributed by atoms with Crippen molar-refractivity contribution in [2.24, 2.45) is 0 Å². The summed E-state index contributed by atoms with van der Waals surface area (Å²) in [6.07, 6.45) is 0. The highest BCUT2D eigenvalue weighted by atomic mass is 19.1. The molecule has 1 aromatic carbocycles. The van der Waals surface area contributed by atoms with E-state index in [1.165, 1.54) is 13.0 Å². The number of nitrogens with one attached hydrogen (secondary N) is 2. The zero-order valence-electron chi connectivity index (χ0n) is 12.0. The van der Waals surface area contributed by atoms with Crippen LogP contribution in [0, 0.1) is 5.82 Å². The SMILES string of the molecule is CC(NC(=O)c1ccc(O)cc1F)C(=O)NC(C)(C)C. The van der Waals surface area contributed by atoms with E-state index in [2.05, 4.69) is 10.6 Å². The van der Waals surface area contributed by atoms with Crippen LogP contribution in [0.4, 0.5) is 4.39 Å². The first-order valence-electron chi connectivity index (χ1n) is 6.21. The molecule has 1 rings (SSSR count). The van der Waals surface area contributed by atoms with Crippen molar-refractivity contribution in [1.29, 1.82) is 0 Å². The summed E-state index contributed by atoms with van der Waals surface area (Å²) in [7, 11) is 0. The Bertz CT molecular complexity index is 524. The van der Waals surface area contributed by atoms with Gasteiger partial charge in [-0.3, -0.25) is 9.59 Å². The van der Waals surface area contributed by atoms with Crippen molar-refractivity contribution in [2.45, 2.75) is 39.3 Å². The van der Waals surface area contributed by atoms with Gasteiger partial charge in [0, 0.05) is 11.6 Å². The number of aromatic hydroxyl groups is 1. The predicted octanol–water partition coefficient (Wildman–Crippen LogP) is 1.56. The van der Waals surface area contributed by atoms with Crippen molar-refractivity contribution in [1.82, 2.24) is 10.6 Å². The summed E-state index contributed by atoms with van der Waals surface area (Å²) in [5.74, 6) is -2.17. The topological polar surface area (TPSA) is 78.4 Å². The molecular weight excluding hydrogens is 263 g/mol. The summed E-state index contributed by atoms with van der Waals surface area (Å²) in [6.45, 7) is 6.97. The van der Waals surface area contributed by atoms with Crippen LogP contribution in [0.5, 0.6) is 5.75 Å². The molecule has 6 heteroatoms. The summed E-state index contributed by atoms with van der Waals surface area (Å²) in [5, 5.41) is 14.2. The second kappa shape index (κ2) is 5.90. The fraction of sp³-hybridized carbons (Fsp3) is 0.429. The first-order chi connectivity index (χ1) is 9.10. The maximum atomic E-state index is 13.5. The second-order valence-corrected chi connectivity index (χ2v) is 5.60. The number of benzene rings is 1. The highest BCUT2D eigenvalue weighted by Gasteiger charge is 2.22. The largest absolute Gasteiger partial charge is 0.508 e. The van der Waals surface area contributed by atoms with Crippen molar-refractivity contribution < 1.29 is 19.1 Å². The molecule has 1 unspecified atom stereocenters. The summed E-state index contributed by atoms with van der Waals surface area (Å²) in [4.78, 5) is 23.6. The first kappa shape index (κ1) is 15.9. The first-order valence-corrected chi connectivity index (χ1v) is 6.21. The summed E-state index contributed by atoms with van der Waals surface area (Å²) >= 11 is 0. The lowest BCUT2D eigenvalue weighted by Crippen LogP contribution is -2.50. The molecule has 0 aliphatic rings. The zero-order chi connectivity index (χ0) is 15.5. The van der Waals surface area contributed by atoms with Crippen molar-refractivity contribution in [3.63, 3.8) is 0 Å². The number of amides is 2. The van der Waals surface area contributed by atoms with Crippen LogP contribution in [0.3, 0.4) is 0 Å². The molecule has 110 valence electrons. The Morgan fingerprint density at radius 3 is 2.40 bits per heavy atom. The molecule has 0 bridgehead atoms. The van der Waals surface area contributed by atoms with Crippen molar-refractivity contribution >= 4 is 11.8 Å². The van der Waals surface area contributed by atoms with Crippen LogP contribution in [0.15, 0.2) is 18.2 Å². The molecule has 5 nitrogen and oxygen atoms in total. The number of phenols is 1. The Morgan fingerprint density at radius 1 is 1.30 bits per heavy atom. The molecule has 2 amide bonds. The lowest BCUT2D eigenvalue weighted by molar-refractivity contribution is -0.124. The Balaban J connectivity index is 2.73. The zero-order valence-corrected chi connectivity index (χ0v) is 12.0. The normalized spacial score (nSPS) is 12.7. The molecule has 0 aliphatic carbocycles. The molecule has 1 atom stereocenters. The van der Waals surface area contributed by atoms with Gasteiger partial charge in [0.1, 0.15) is 17.6 Å². The van der Waals surface area contributed by atoms with Gasteiger partial charge in [-0.25, -0.2) is 4.39 Å². The van der Waals surface area contributed by atoms with E-state index in [1.807, 2.05) is 20.8 Å². The number of halogens is 1. The molecule has 0 radical (unpaired) electrons. The molecule has 0 saturated carbocycles. The van der Waals surface area contributed by atoms with Gasteiger partial charge in [-0.15, -0.1) is 0 Å². The minimum absolute atomic E-state index is 0.224. The van der Waals surface area contributed by atoms with Crippen LogP contribution >= 0.6 is 0 Å². The van der Waals surface area contributed by atoms with E-state index in [0.717, 1.165) is 12.1 Å². The monoisotopic (exact) mass is 282 g/mol. The van der Waals surface area contributed by atoms with E-state index < -0.39 is 23.3 Å². The van der Waals surface area contributed by atoms with Gasteiger partial charge in [-0.2, -0.15) is 0 Å². The highest BCUT2D eigenvalue weighted by molar-refractivity contribution is 5.97. The second-order valence-electron chi connectivity index (χ2n) is 5.60. The molecule has 3 N–H and O–H groups in total. The molecule has 1 aromatic rings. The molecule has 0 heterocycles. The summed E-state index contributed by atoms with van der Waals surface area (Å²) in [5.41, 5.74) is -0.641. The van der Waals surface area contributed by atoms with Crippen molar-refractivity contribution in [3.8, 4) is 5.75 Å². The molecule has 20 heavy (non-hydrogen) atoms. The quantitative estimate of drug-likeness (QED) is 0.787. The van der Waals surface area contributed by atoms with Gasteiger partial charge in [-0.1, -0.05) is 0 Å². The lowest BCUT2D eigenvalue weighted by Gasteiger charge is -2.23. The molecular formula is C14H19FN2O3. The number of carbonyl (C=O) groups is 2. The van der Waals surface area contributed by atoms with Gasteiger partial charge >= 0.3 is 0 Å². The van der Waals surface area contributed by atoms with Gasteiger partial charge in [0.05, 0.1) is 5.56 Å². The van der Waals surface area contributed by atoms with Crippen LogP contribution in [-0.2, 0) is 4.79 Å². The van der Waals surface area contributed by atoms with Crippen LogP contribution < -0.4 is 10.6 Å². The molecule has 0 aliphatic heterocycles. The van der Waals surface area contributed by atoms with Crippen LogP contribution in [0.1, 0.15) is 38.1 Å². The molecule has 0 aromatic heterocycles. The van der Waals surface area contributed by atoms with Gasteiger partial charge in [0.2, 0.25) is 5.91 Å². The third kappa shape index (κ3) is 4.53. The maximum Gasteiger partial charge on any atom is 0.254 e. The van der Waals surface area contributed by atoms with Crippen molar-refractivity contribution in [2.75, 3.05) is 0 Å². The third-order valence-electron chi connectivity index (χ3n) is 2.44. The van der Waals surface area contributed by atoms with Gasteiger partial charge in [-0.05, 0) is 39.8 Å². The number of rotatable bonds is 3. The smallest absolute Gasteiger partial charge is 0.254 e. The Morgan fingerprint density at radius 2 is 1.90 bits per heavy atom. The number of carbonyl (C=O) groups excluding carboxylic acids is 2. The minimum Gasteiger partial charge on any atom is -0.508 e. The predicted molar refractivity (Wildman–Crippen MR) is 72.9 cm³/mol. The Hall–Kier alpha value is -2.11. The molecule has 0 spiro atoms. The average molecular weight is 282 g/mol. The average Bonchev–Trinajstić information content (AvgIpc) is 2.26. The van der Waals surface area contributed by atoms with Gasteiger partial charge in [0.15, 0.2) is 0 Å². The minimum atomic E-state index is -0.842. The van der Waals surface area contributed by atoms with E-state index in [4.69, 9.17) is 5.11 Å². The summed E-state index contributed by atoms with van der Waals surface area (Å²) in [6, 6.07) is 2.41. The van der Waals surface area contributed by atoms with Crippen LogP contribution in [0.2, 0.25) is 0 Å². The van der Waals surface area contributed by atoms with E-state index in [1.54, 1.807) is 0 Å². The molecule has 0 fully saturated rings. The highest BCUT2D eigenvalue weighted by Crippen LogP contribution is 2.15. The lowest BCUT2D eigenvalue weighted by atomic mass is 10.1. The standard InChI is InChI=1S/C14H19FN2O3/c1-8(12(19)17-14(2,3)4)16-13(20)10-6-5-9(18)7-11(10)15/h5-8,18H,1-4H3,(H,16,20)(H,17,19). The van der Waals surface area contributed by atoms with Gasteiger partial charge < -0.3 is 15.7 Å². The Labute approximate surface area is 117 Å². The van der Waals surface area contributed by atoms with E-state index >= 15 is 0 Å². The third-order valence-corrected chi connectivity index (χ3v) is 2.44. The van der Waals surface area contributed by atoms with Gasteiger partial charge in [0.25, 0.3) is 5.91 Å². The van der Waals surface area contributed by atoms with E-state index in [9.17, 15) is 14.0 Å². The fourth-order valence-corrected chi connectivity index (χ4v) is 1.51. The fourth-order valence-electron chi connectivity index (χ4n) is 1.51. The van der Waals surface area contributed by atoms with Crippen molar-refractivity contribution in [3.05, 3.63) is 29.6 Å².